The highest BCUT2D eigenvalue weighted by Crippen LogP contribution is 2.18. The van der Waals surface area contributed by atoms with Gasteiger partial charge in [0, 0.05) is 12.8 Å². The average molecular weight is 1130 g/mol. The number of nitrogens with zero attached hydrogens (tertiary/aromatic N) is 1. The molecule has 2 atom stereocenters. The highest BCUT2D eigenvalue weighted by molar-refractivity contribution is 5.70. The van der Waals surface area contributed by atoms with E-state index in [0.29, 0.717) is 11.0 Å². The summed E-state index contributed by atoms with van der Waals surface area (Å²) in [6.07, 6.45) is 75.4. The maximum Gasteiger partial charge on any atom is 0.306 e. The van der Waals surface area contributed by atoms with Crippen molar-refractivity contribution >= 4 is 17.9 Å². The summed E-state index contributed by atoms with van der Waals surface area (Å²) in [6, 6.07) is 0. The fourth-order valence-corrected chi connectivity index (χ4v) is 10.3. The molecule has 0 aromatic carbocycles. The lowest BCUT2D eigenvalue weighted by molar-refractivity contribution is -0.870. The molecule has 9 nitrogen and oxygen atoms in total. The van der Waals surface area contributed by atoms with Gasteiger partial charge in [0.1, 0.15) is 13.2 Å². The van der Waals surface area contributed by atoms with Crippen molar-refractivity contribution in [2.45, 2.75) is 354 Å². The molecular formula is C71H133NO8. The van der Waals surface area contributed by atoms with Gasteiger partial charge in [0.15, 0.2) is 12.4 Å². The fraction of sp³-hybridized carbons (Fsp3) is 0.873. The third-order valence-corrected chi connectivity index (χ3v) is 15.6. The molecule has 0 rings (SSSR count). The first-order chi connectivity index (χ1) is 39.1. The third kappa shape index (κ3) is 63.1. The van der Waals surface area contributed by atoms with Crippen LogP contribution in [0, 0.1) is 0 Å². The SMILES string of the molecule is CCCCCCC/C=C\C/C=C\CCCCCCCCCCCCCCCCCCCCCCCCCCCCCCCC(=O)OC(COC(=O)CCCCCCC/C=C\CCCCCCC)COC(OCC[N+](C)(C)C)C(=O)[O-]. The summed E-state index contributed by atoms with van der Waals surface area (Å²) in [5.41, 5.74) is 0. The zero-order valence-electron chi connectivity index (χ0n) is 53.7. The van der Waals surface area contributed by atoms with Crippen LogP contribution in [0.4, 0.5) is 0 Å². The first kappa shape index (κ1) is 77.5. The molecule has 0 radical (unpaired) electrons. The zero-order chi connectivity index (χ0) is 58.3. The Morgan fingerprint density at radius 2 is 0.675 bits per heavy atom. The van der Waals surface area contributed by atoms with E-state index in [-0.39, 0.29) is 38.6 Å². The van der Waals surface area contributed by atoms with Crippen molar-refractivity contribution in [3.05, 3.63) is 36.5 Å². The number of quaternary nitrogens is 1. The molecule has 0 aliphatic carbocycles. The Hall–Kier alpha value is -2.49. The normalized spacial score (nSPS) is 12.9. The minimum absolute atomic E-state index is 0.149. The van der Waals surface area contributed by atoms with Gasteiger partial charge in [-0.2, -0.15) is 0 Å². The van der Waals surface area contributed by atoms with Gasteiger partial charge in [-0.25, -0.2) is 0 Å². The van der Waals surface area contributed by atoms with Crippen LogP contribution in [0.5, 0.6) is 0 Å². The second kappa shape index (κ2) is 62.6. The number of carbonyl (C=O) groups excluding carboxylic acids is 3. The van der Waals surface area contributed by atoms with Crippen LogP contribution >= 0.6 is 0 Å². The molecule has 0 saturated heterocycles. The van der Waals surface area contributed by atoms with Crippen LogP contribution in [0.15, 0.2) is 36.5 Å². The molecule has 0 N–H and O–H groups in total. The predicted octanol–water partition coefficient (Wildman–Crippen LogP) is 19.9. The Labute approximate surface area is 496 Å². The molecular weight excluding hydrogens is 995 g/mol. The Balaban J connectivity index is 3.88. The molecule has 0 aromatic heterocycles. The monoisotopic (exact) mass is 1130 g/mol. The fourth-order valence-electron chi connectivity index (χ4n) is 10.3. The molecule has 0 fully saturated rings. The molecule has 0 heterocycles. The van der Waals surface area contributed by atoms with E-state index in [1.807, 2.05) is 21.1 Å². The number of carbonyl (C=O) groups is 3. The van der Waals surface area contributed by atoms with E-state index in [4.69, 9.17) is 18.9 Å². The van der Waals surface area contributed by atoms with Crippen LogP contribution in [0.25, 0.3) is 0 Å². The van der Waals surface area contributed by atoms with Crippen LogP contribution in [0.2, 0.25) is 0 Å². The van der Waals surface area contributed by atoms with Crippen LogP contribution in [0.1, 0.15) is 341 Å². The highest BCUT2D eigenvalue weighted by atomic mass is 16.7. The molecule has 470 valence electrons. The van der Waals surface area contributed by atoms with E-state index < -0.39 is 24.3 Å². The zero-order valence-corrected chi connectivity index (χ0v) is 53.7. The van der Waals surface area contributed by atoms with Gasteiger partial charge >= 0.3 is 11.9 Å². The van der Waals surface area contributed by atoms with Crippen molar-refractivity contribution in [3.63, 3.8) is 0 Å². The topological polar surface area (TPSA) is 111 Å². The summed E-state index contributed by atoms with van der Waals surface area (Å²) in [7, 11) is 5.93. The number of likely N-dealkylation sites (N-methyl/N-ethyl adjacent to an activating group) is 1. The highest BCUT2D eigenvalue weighted by Gasteiger charge is 2.22. The van der Waals surface area contributed by atoms with Crippen LogP contribution in [-0.2, 0) is 33.3 Å². The van der Waals surface area contributed by atoms with Gasteiger partial charge in [-0.05, 0) is 70.6 Å². The van der Waals surface area contributed by atoms with E-state index in [9.17, 15) is 19.5 Å². The molecule has 0 spiro atoms. The maximum atomic E-state index is 12.9. The number of allylic oxidation sites excluding steroid dienone is 6. The minimum atomic E-state index is -1.62. The van der Waals surface area contributed by atoms with E-state index >= 15 is 0 Å². The Morgan fingerprint density at radius 1 is 0.375 bits per heavy atom. The number of esters is 2. The van der Waals surface area contributed by atoms with Gasteiger partial charge < -0.3 is 33.3 Å². The third-order valence-electron chi connectivity index (χ3n) is 15.6. The van der Waals surface area contributed by atoms with Crippen LogP contribution in [-0.4, -0.2) is 82.3 Å². The van der Waals surface area contributed by atoms with E-state index in [2.05, 4.69) is 50.3 Å². The summed E-state index contributed by atoms with van der Waals surface area (Å²) in [5, 5.41) is 11.8. The van der Waals surface area contributed by atoms with Crippen molar-refractivity contribution in [2.24, 2.45) is 0 Å². The number of ether oxygens (including phenoxy) is 4. The lowest BCUT2D eigenvalue weighted by Gasteiger charge is -2.26. The first-order valence-corrected chi connectivity index (χ1v) is 34.6. The van der Waals surface area contributed by atoms with Gasteiger partial charge in [-0.3, -0.25) is 9.59 Å². The number of rotatable bonds is 65. The Kier molecular flexibility index (Phi) is 60.6. The Morgan fingerprint density at radius 3 is 1.00 bits per heavy atom. The van der Waals surface area contributed by atoms with Crippen molar-refractivity contribution < 1.29 is 42.9 Å². The molecule has 0 aliphatic rings. The second-order valence-corrected chi connectivity index (χ2v) is 24.8. The number of hydrogen-bond donors (Lipinski definition) is 0. The van der Waals surface area contributed by atoms with Gasteiger partial charge in [-0.1, -0.05) is 294 Å². The first-order valence-electron chi connectivity index (χ1n) is 34.6. The smallest absolute Gasteiger partial charge is 0.306 e. The van der Waals surface area contributed by atoms with E-state index in [1.54, 1.807) is 0 Å². The lowest BCUT2D eigenvalue weighted by atomic mass is 10.0. The Bertz CT molecular complexity index is 1410. The largest absolute Gasteiger partial charge is 0.545 e. The van der Waals surface area contributed by atoms with Crippen molar-refractivity contribution in [2.75, 3.05) is 47.5 Å². The second-order valence-electron chi connectivity index (χ2n) is 24.8. The minimum Gasteiger partial charge on any atom is -0.545 e. The van der Waals surface area contributed by atoms with Crippen molar-refractivity contribution in [1.29, 1.82) is 0 Å². The van der Waals surface area contributed by atoms with E-state index in [1.165, 1.54) is 250 Å². The van der Waals surface area contributed by atoms with Gasteiger partial charge in [0.2, 0.25) is 0 Å². The molecule has 0 aliphatic heterocycles. The van der Waals surface area contributed by atoms with Gasteiger partial charge in [-0.15, -0.1) is 0 Å². The van der Waals surface area contributed by atoms with Crippen molar-refractivity contribution in [3.8, 4) is 0 Å². The van der Waals surface area contributed by atoms with Crippen molar-refractivity contribution in [1.82, 2.24) is 0 Å². The summed E-state index contributed by atoms with van der Waals surface area (Å²) >= 11 is 0. The molecule has 80 heavy (non-hydrogen) atoms. The summed E-state index contributed by atoms with van der Waals surface area (Å²) < 4.78 is 22.7. The number of carboxylic acids is 1. The molecule has 2 unspecified atom stereocenters. The molecule has 0 aromatic rings. The number of unbranched alkanes of at least 4 members (excludes halogenated alkanes) is 44. The van der Waals surface area contributed by atoms with Crippen LogP contribution < -0.4 is 5.11 Å². The van der Waals surface area contributed by atoms with Gasteiger partial charge in [0.25, 0.3) is 0 Å². The predicted molar refractivity (Wildman–Crippen MR) is 339 cm³/mol. The summed E-state index contributed by atoms with van der Waals surface area (Å²) in [4.78, 5) is 37.3. The quantitative estimate of drug-likeness (QED) is 0.0195. The number of carboxylic acid groups (broad SMARTS) is 1. The summed E-state index contributed by atoms with van der Waals surface area (Å²) in [5.74, 6) is -2.27. The molecule has 0 saturated carbocycles. The number of hydrogen-bond acceptors (Lipinski definition) is 8. The molecule has 0 amide bonds. The standard InChI is InChI=1S/C71H133NO8/c1-6-8-10-12-14-16-18-20-22-23-24-25-26-27-28-29-30-31-32-33-34-35-36-37-38-39-40-41-42-43-44-45-46-47-48-50-52-54-56-58-60-62-69(74)80-67(66-79-71(70(75)76)77-64-63-72(3,4)5)65-78-68(73)61-59-57-55-53-51-49-21-19-17-15-13-11-9-7-2/h18-21,23-24,67,71H,6-17,22,25-66H2,1-5H3/b20-18-,21-19-,24-23-. The number of aliphatic carboxylic acids is 1. The molecule has 9 heteroatoms. The van der Waals surface area contributed by atoms with E-state index in [0.717, 1.165) is 64.2 Å². The molecule has 0 bridgehead atoms. The summed E-state index contributed by atoms with van der Waals surface area (Å²) in [6.45, 7) is 4.76. The lowest BCUT2D eigenvalue weighted by Crippen LogP contribution is -2.44. The van der Waals surface area contributed by atoms with Crippen LogP contribution in [0.3, 0.4) is 0 Å². The average Bonchev–Trinajstić information content (AvgIpc) is 3.43. The van der Waals surface area contributed by atoms with Gasteiger partial charge in [0.05, 0.1) is 40.3 Å². The maximum absolute atomic E-state index is 12.9.